The van der Waals surface area contributed by atoms with Crippen molar-refractivity contribution in [3.8, 4) is 0 Å². The number of tetrazole rings is 1. The number of carboxylic acids is 1. The Morgan fingerprint density at radius 2 is 2.26 bits per heavy atom. The van der Waals surface area contributed by atoms with E-state index in [9.17, 15) is 4.79 Å². The van der Waals surface area contributed by atoms with Gasteiger partial charge >= 0.3 is 5.97 Å². The summed E-state index contributed by atoms with van der Waals surface area (Å²) in [5, 5.41) is 20.7. The highest BCUT2D eigenvalue weighted by Crippen LogP contribution is 2.25. The molecule has 1 aliphatic rings. The van der Waals surface area contributed by atoms with Gasteiger partial charge in [-0.15, -0.1) is 5.10 Å². The number of aliphatic carboxylic acids is 1. The molecule has 1 unspecified atom stereocenters. The molecule has 7 heteroatoms. The Kier molecular flexibility index (Phi) is 4.47. The first-order valence-electron chi connectivity index (χ1n) is 6.82. The number of likely N-dealkylation sites (tertiary alicyclic amines) is 1. The van der Waals surface area contributed by atoms with Crippen LogP contribution in [0, 0.1) is 11.8 Å². The molecule has 2 rings (SSSR count). The maximum absolute atomic E-state index is 10.9. The minimum atomic E-state index is -0.711. The van der Waals surface area contributed by atoms with Crippen LogP contribution in [0.2, 0.25) is 0 Å². The number of aromatic nitrogens is 4. The highest BCUT2D eigenvalue weighted by atomic mass is 16.4. The second-order valence-corrected chi connectivity index (χ2v) is 5.25. The molecule has 106 valence electrons. The standard InChI is InChI=1S/C12H21N5O2/c1-3-4-5-17-11(13-14-15-17)8-16-6-10(7-16)9(2)12(18)19/h9-10H,3-8H2,1-2H3,(H,18,19). The van der Waals surface area contributed by atoms with E-state index in [2.05, 4.69) is 27.3 Å². The molecule has 1 atom stereocenters. The van der Waals surface area contributed by atoms with Crippen LogP contribution in [0.25, 0.3) is 0 Å². The average Bonchev–Trinajstić information content (AvgIpc) is 2.77. The van der Waals surface area contributed by atoms with Gasteiger partial charge in [0.05, 0.1) is 12.5 Å². The first-order valence-corrected chi connectivity index (χ1v) is 6.82. The number of carboxylic acid groups (broad SMARTS) is 1. The van der Waals surface area contributed by atoms with Crippen molar-refractivity contribution in [3.63, 3.8) is 0 Å². The van der Waals surface area contributed by atoms with Gasteiger partial charge < -0.3 is 5.11 Å². The summed E-state index contributed by atoms with van der Waals surface area (Å²) >= 11 is 0. The zero-order valence-electron chi connectivity index (χ0n) is 11.5. The lowest BCUT2D eigenvalue weighted by Gasteiger charge is -2.40. The Balaban J connectivity index is 1.81. The van der Waals surface area contributed by atoms with Crippen molar-refractivity contribution in [2.24, 2.45) is 11.8 Å². The van der Waals surface area contributed by atoms with E-state index in [0.717, 1.165) is 38.3 Å². The van der Waals surface area contributed by atoms with E-state index in [4.69, 9.17) is 5.11 Å². The van der Waals surface area contributed by atoms with Gasteiger partial charge in [-0.2, -0.15) is 0 Å². The fraction of sp³-hybridized carbons (Fsp3) is 0.833. The molecule has 1 N–H and O–H groups in total. The van der Waals surface area contributed by atoms with Gasteiger partial charge in [-0.25, -0.2) is 4.68 Å². The van der Waals surface area contributed by atoms with Crippen molar-refractivity contribution in [2.45, 2.75) is 39.8 Å². The summed E-state index contributed by atoms with van der Waals surface area (Å²) in [6.07, 6.45) is 2.18. The lowest BCUT2D eigenvalue weighted by atomic mass is 9.87. The Morgan fingerprint density at radius 1 is 1.53 bits per heavy atom. The number of unbranched alkanes of at least 4 members (excludes halogenated alkanes) is 1. The van der Waals surface area contributed by atoms with Crippen molar-refractivity contribution >= 4 is 5.97 Å². The molecule has 1 aliphatic heterocycles. The van der Waals surface area contributed by atoms with Crippen molar-refractivity contribution in [2.75, 3.05) is 13.1 Å². The number of rotatable bonds is 7. The normalized spacial score (nSPS) is 18.2. The summed E-state index contributed by atoms with van der Waals surface area (Å²) in [5.41, 5.74) is 0. The monoisotopic (exact) mass is 267 g/mol. The summed E-state index contributed by atoms with van der Waals surface area (Å²) in [7, 11) is 0. The van der Waals surface area contributed by atoms with Gasteiger partial charge in [-0.1, -0.05) is 20.3 Å². The third kappa shape index (κ3) is 3.28. The second-order valence-electron chi connectivity index (χ2n) is 5.25. The van der Waals surface area contributed by atoms with Crippen molar-refractivity contribution in [1.82, 2.24) is 25.1 Å². The topological polar surface area (TPSA) is 84.1 Å². The molecule has 0 saturated carbocycles. The van der Waals surface area contributed by atoms with Gasteiger partial charge in [-0.3, -0.25) is 9.69 Å². The molecule has 19 heavy (non-hydrogen) atoms. The molecule has 0 aromatic carbocycles. The van der Waals surface area contributed by atoms with Crippen LogP contribution in [0.3, 0.4) is 0 Å². The molecule has 1 aromatic rings. The Bertz CT molecular complexity index is 428. The van der Waals surface area contributed by atoms with E-state index < -0.39 is 5.97 Å². The van der Waals surface area contributed by atoms with E-state index in [0.29, 0.717) is 6.54 Å². The van der Waals surface area contributed by atoms with Crippen molar-refractivity contribution < 1.29 is 9.90 Å². The van der Waals surface area contributed by atoms with Crippen LogP contribution < -0.4 is 0 Å². The number of carbonyl (C=O) groups is 1. The van der Waals surface area contributed by atoms with Crippen LogP contribution in [0.1, 0.15) is 32.5 Å². The van der Waals surface area contributed by atoms with E-state index in [1.54, 1.807) is 6.92 Å². The van der Waals surface area contributed by atoms with E-state index in [-0.39, 0.29) is 11.8 Å². The van der Waals surface area contributed by atoms with Crippen LogP contribution >= 0.6 is 0 Å². The number of aryl methyl sites for hydroxylation is 1. The Morgan fingerprint density at radius 3 is 2.89 bits per heavy atom. The lowest BCUT2D eigenvalue weighted by Crippen LogP contribution is -2.50. The quantitative estimate of drug-likeness (QED) is 0.780. The van der Waals surface area contributed by atoms with Gasteiger partial charge in [0.25, 0.3) is 0 Å². The molecule has 1 aromatic heterocycles. The molecule has 1 saturated heterocycles. The van der Waals surface area contributed by atoms with E-state index in [1.807, 2.05) is 4.68 Å². The molecule has 1 fully saturated rings. The van der Waals surface area contributed by atoms with Crippen LogP contribution in [-0.2, 0) is 17.9 Å². The molecule has 0 spiro atoms. The third-order valence-electron chi connectivity index (χ3n) is 3.78. The maximum Gasteiger partial charge on any atom is 0.306 e. The minimum Gasteiger partial charge on any atom is -0.481 e. The summed E-state index contributed by atoms with van der Waals surface area (Å²) in [6, 6.07) is 0. The average molecular weight is 267 g/mol. The number of nitrogens with zero attached hydrogens (tertiary/aromatic N) is 5. The fourth-order valence-electron chi connectivity index (χ4n) is 2.27. The fourth-order valence-corrected chi connectivity index (χ4v) is 2.27. The van der Waals surface area contributed by atoms with Crippen molar-refractivity contribution in [1.29, 1.82) is 0 Å². The first kappa shape index (κ1) is 13.9. The number of hydrogen-bond acceptors (Lipinski definition) is 5. The maximum atomic E-state index is 10.9. The minimum absolute atomic E-state index is 0.248. The SMILES string of the molecule is CCCCn1nnnc1CN1CC(C(C)C(=O)O)C1. The zero-order valence-corrected chi connectivity index (χ0v) is 11.5. The predicted molar refractivity (Wildman–Crippen MR) is 68.3 cm³/mol. The molecular formula is C12H21N5O2. The Hall–Kier alpha value is -1.50. The molecule has 0 radical (unpaired) electrons. The molecule has 0 bridgehead atoms. The number of hydrogen-bond donors (Lipinski definition) is 1. The van der Waals surface area contributed by atoms with Gasteiger partial charge in [0.15, 0.2) is 5.82 Å². The second kappa shape index (κ2) is 6.10. The van der Waals surface area contributed by atoms with Gasteiger partial charge in [0.2, 0.25) is 0 Å². The summed E-state index contributed by atoms with van der Waals surface area (Å²) in [4.78, 5) is 13.1. The smallest absolute Gasteiger partial charge is 0.306 e. The zero-order chi connectivity index (χ0) is 13.8. The summed E-state index contributed by atoms with van der Waals surface area (Å²) in [6.45, 7) is 7.09. The molecule has 2 heterocycles. The molecule has 0 amide bonds. The third-order valence-corrected chi connectivity index (χ3v) is 3.78. The van der Waals surface area contributed by atoms with E-state index >= 15 is 0 Å². The van der Waals surface area contributed by atoms with Gasteiger partial charge in [0, 0.05) is 19.6 Å². The summed E-state index contributed by atoms with van der Waals surface area (Å²) in [5.74, 6) is 0.136. The van der Waals surface area contributed by atoms with Crippen LogP contribution in [0.15, 0.2) is 0 Å². The molecule has 0 aliphatic carbocycles. The molecular weight excluding hydrogens is 246 g/mol. The predicted octanol–water partition coefficient (Wildman–Crippen LogP) is 0.626. The highest BCUT2D eigenvalue weighted by Gasteiger charge is 2.35. The lowest BCUT2D eigenvalue weighted by molar-refractivity contribution is -0.145. The Labute approximate surface area is 112 Å². The van der Waals surface area contributed by atoms with Crippen LogP contribution in [0.4, 0.5) is 0 Å². The van der Waals surface area contributed by atoms with Crippen LogP contribution in [-0.4, -0.2) is 49.3 Å². The summed E-state index contributed by atoms with van der Waals surface area (Å²) < 4.78 is 1.84. The van der Waals surface area contributed by atoms with Gasteiger partial charge in [0.1, 0.15) is 0 Å². The molecule has 7 nitrogen and oxygen atoms in total. The van der Waals surface area contributed by atoms with Crippen LogP contribution in [0.5, 0.6) is 0 Å². The first-order chi connectivity index (χ1) is 9.11. The van der Waals surface area contributed by atoms with Crippen molar-refractivity contribution in [3.05, 3.63) is 5.82 Å². The largest absolute Gasteiger partial charge is 0.481 e. The van der Waals surface area contributed by atoms with E-state index in [1.165, 1.54) is 0 Å². The highest BCUT2D eigenvalue weighted by molar-refractivity contribution is 5.70. The van der Waals surface area contributed by atoms with Gasteiger partial charge in [-0.05, 0) is 22.8 Å².